The predicted molar refractivity (Wildman–Crippen MR) is 77.2 cm³/mol. The average Bonchev–Trinajstić information content (AvgIpc) is 2.48. The maximum absolute atomic E-state index is 12.4. The lowest BCUT2D eigenvalue weighted by molar-refractivity contribution is 0.466. The number of pyridine rings is 1. The number of aromatic nitrogens is 1. The van der Waals surface area contributed by atoms with Crippen LogP contribution in [0, 0.1) is 0 Å². The first-order valence-electron chi connectivity index (χ1n) is 6.18. The molecule has 0 spiro atoms. The second-order valence-corrected chi connectivity index (χ2v) is 6.51. The summed E-state index contributed by atoms with van der Waals surface area (Å²) in [5, 5.41) is 0. The first-order chi connectivity index (χ1) is 9.54. The lowest BCUT2D eigenvalue weighted by atomic mass is 10.2. The van der Waals surface area contributed by atoms with Gasteiger partial charge < -0.3 is 5.73 Å². The van der Waals surface area contributed by atoms with Crippen molar-refractivity contribution in [2.75, 3.05) is 7.05 Å². The van der Waals surface area contributed by atoms with Gasteiger partial charge in [-0.3, -0.25) is 4.98 Å². The van der Waals surface area contributed by atoms with E-state index < -0.39 is 10.0 Å². The zero-order valence-electron chi connectivity index (χ0n) is 11.2. The van der Waals surface area contributed by atoms with Crippen LogP contribution in [0.5, 0.6) is 0 Å². The minimum Gasteiger partial charge on any atom is -0.326 e. The Bertz CT molecular complexity index is 655. The van der Waals surface area contributed by atoms with Crippen LogP contribution < -0.4 is 5.73 Å². The number of benzene rings is 1. The second kappa shape index (κ2) is 6.13. The third-order valence-electron chi connectivity index (χ3n) is 3.02. The molecule has 20 heavy (non-hydrogen) atoms. The van der Waals surface area contributed by atoms with Gasteiger partial charge in [-0.05, 0) is 35.4 Å². The average molecular weight is 291 g/mol. The summed E-state index contributed by atoms with van der Waals surface area (Å²) in [4.78, 5) is 4.18. The van der Waals surface area contributed by atoms with Gasteiger partial charge in [0.25, 0.3) is 0 Å². The molecule has 0 radical (unpaired) electrons. The van der Waals surface area contributed by atoms with Crippen molar-refractivity contribution in [3.05, 3.63) is 59.9 Å². The highest BCUT2D eigenvalue weighted by molar-refractivity contribution is 7.89. The summed E-state index contributed by atoms with van der Waals surface area (Å²) in [6.45, 7) is 0.705. The summed E-state index contributed by atoms with van der Waals surface area (Å²) in [5.41, 5.74) is 7.30. The molecule has 2 rings (SSSR count). The van der Waals surface area contributed by atoms with E-state index >= 15 is 0 Å². The Labute approximate surface area is 119 Å². The summed E-state index contributed by atoms with van der Waals surface area (Å²) in [7, 11) is -1.93. The molecule has 0 aliphatic carbocycles. The molecule has 0 aliphatic heterocycles. The summed E-state index contributed by atoms with van der Waals surface area (Å²) in [6.07, 6.45) is 3.29. The maximum Gasteiger partial charge on any atom is 0.243 e. The summed E-state index contributed by atoms with van der Waals surface area (Å²) < 4.78 is 26.1. The molecule has 0 atom stereocenters. The Morgan fingerprint density at radius 2 is 1.65 bits per heavy atom. The number of hydrogen-bond donors (Lipinski definition) is 1. The van der Waals surface area contributed by atoms with Crippen LogP contribution in [0.4, 0.5) is 0 Å². The molecule has 5 nitrogen and oxygen atoms in total. The smallest absolute Gasteiger partial charge is 0.243 e. The summed E-state index contributed by atoms with van der Waals surface area (Å²) in [6, 6.07) is 10.2. The molecule has 0 aliphatic rings. The Hall–Kier alpha value is -1.76. The molecule has 0 unspecified atom stereocenters. The number of nitrogens with zero attached hydrogens (tertiary/aromatic N) is 2. The molecule has 0 bridgehead atoms. The molecule has 1 heterocycles. The van der Waals surface area contributed by atoms with Crippen molar-refractivity contribution >= 4 is 10.0 Å². The molecule has 2 aromatic rings. The zero-order chi connectivity index (χ0) is 14.6. The molecule has 0 saturated carbocycles. The molecule has 0 fully saturated rings. The van der Waals surface area contributed by atoms with Gasteiger partial charge in [-0.25, -0.2) is 8.42 Å². The van der Waals surface area contributed by atoms with Gasteiger partial charge >= 0.3 is 0 Å². The molecule has 0 amide bonds. The van der Waals surface area contributed by atoms with Crippen molar-refractivity contribution in [1.29, 1.82) is 0 Å². The van der Waals surface area contributed by atoms with Gasteiger partial charge in [0.05, 0.1) is 4.90 Å². The van der Waals surface area contributed by atoms with Crippen molar-refractivity contribution in [3.63, 3.8) is 0 Å². The normalized spacial score (nSPS) is 11.8. The van der Waals surface area contributed by atoms with E-state index in [1.807, 2.05) is 0 Å². The van der Waals surface area contributed by atoms with E-state index in [1.165, 1.54) is 4.31 Å². The predicted octanol–water partition coefficient (Wildman–Crippen LogP) is 1.36. The fraction of sp³-hybridized carbons (Fsp3) is 0.214. The van der Waals surface area contributed by atoms with Gasteiger partial charge in [0.2, 0.25) is 10.0 Å². The Morgan fingerprint density at radius 1 is 1.05 bits per heavy atom. The minimum absolute atomic E-state index is 0.270. The van der Waals surface area contributed by atoms with Crippen LogP contribution >= 0.6 is 0 Å². The van der Waals surface area contributed by atoms with Crippen LogP contribution in [-0.4, -0.2) is 24.8 Å². The highest BCUT2D eigenvalue weighted by atomic mass is 32.2. The molecular weight excluding hydrogens is 274 g/mol. The fourth-order valence-corrected chi connectivity index (χ4v) is 2.97. The molecule has 2 N–H and O–H groups in total. The molecular formula is C14H17N3O2S. The van der Waals surface area contributed by atoms with Crippen molar-refractivity contribution in [3.8, 4) is 0 Å². The number of rotatable bonds is 5. The molecule has 0 saturated heterocycles. The third-order valence-corrected chi connectivity index (χ3v) is 4.84. The Kier molecular flexibility index (Phi) is 4.49. The minimum atomic E-state index is -3.49. The van der Waals surface area contributed by atoms with E-state index in [4.69, 9.17) is 5.73 Å². The van der Waals surface area contributed by atoms with Gasteiger partial charge in [0.15, 0.2) is 0 Å². The SMILES string of the molecule is CN(Cc1ccncc1)S(=O)(=O)c1ccc(CN)cc1. The molecule has 1 aromatic carbocycles. The Balaban J connectivity index is 2.20. The van der Waals surface area contributed by atoms with E-state index in [-0.39, 0.29) is 4.90 Å². The van der Waals surface area contributed by atoms with Crippen molar-refractivity contribution in [2.45, 2.75) is 18.0 Å². The Morgan fingerprint density at radius 3 is 2.20 bits per heavy atom. The maximum atomic E-state index is 12.4. The standard InChI is InChI=1S/C14H17N3O2S/c1-17(11-13-6-8-16-9-7-13)20(18,19)14-4-2-12(10-15)3-5-14/h2-9H,10-11,15H2,1H3. The van der Waals surface area contributed by atoms with E-state index in [0.29, 0.717) is 13.1 Å². The second-order valence-electron chi connectivity index (χ2n) is 4.46. The number of sulfonamides is 1. The summed E-state index contributed by atoms with van der Waals surface area (Å²) in [5.74, 6) is 0. The largest absolute Gasteiger partial charge is 0.326 e. The third kappa shape index (κ3) is 3.22. The van der Waals surface area contributed by atoms with Crippen LogP contribution in [0.15, 0.2) is 53.7 Å². The van der Waals surface area contributed by atoms with Crippen LogP contribution in [0.1, 0.15) is 11.1 Å². The van der Waals surface area contributed by atoms with Gasteiger partial charge in [0.1, 0.15) is 0 Å². The fourth-order valence-electron chi connectivity index (χ4n) is 1.81. The van der Waals surface area contributed by atoms with E-state index in [2.05, 4.69) is 4.98 Å². The lowest BCUT2D eigenvalue weighted by Crippen LogP contribution is -2.26. The van der Waals surface area contributed by atoms with Crippen LogP contribution in [0.2, 0.25) is 0 Å². The van der Waals surface area contributed by atoms with Gasteiger partial charge in [-0.15, -0.1) is 0 Å². The first-order valence-corrected chi connectivity index (χ1v) is 7.62. The number of nitrogens with two attached hydrogens (primary N) is 1. The zero-order valence-corrected chi connectivity index (χ0v) is 12.0. The molecule has 106 valence electrons. The van der Waals surface area contributed by atoms with E-state index in [9.17, 15) is 8.42 Å². The van der Waals surface area contributed by atoms with Crippen LogP contribution in [0.3, 0.4) is 0 Å². The van der Waals surface area contributed by atoms with Gasteiger partial charge in [0, 0.05) is 32.5 Å². The van der Waals surface area contributed by atoms with Gasteiger partial charge in [-0.2, -0.15) is 4.31 Å². The lowest BCUT2D eigenvalue weighted by Gasteiger charge is -2.17. The van der Waals surface area contributed by atoms with Crippen molar-refractivity contribution in [2.24, 2.45) is 5.73 Å². The molecule has 6 heteroatoms. The number of hydrogen-bond acceptors (Lipinski definition) is 4. The van der Waals surface area contributed by atoms with Crippen LogP contribution in [0.25, 0.3) is 0 Å². The van der Waals surface area contributed by atoms with Crippen LogP contribution in [-0.2, 0) is 23.1 Å². The topological polar surface area (TPSA) is 76.3 Å². The van der Waals surface area contributed by atoms with Crippen molar-refractivity contribution in [1.82, 2.24) is 9.29 Å². The summed E-state index contributed by atoms with van der Waals surface area (Å²) >= 11 is 0. The van der Waals surface area contributed by atoms with E-state index in [1.54, 1.807) is 55.8 Å². The van der Waals surface area contributed by atoms with Crippen molar-refractivity contribution < 1.29 is 8.42 Å². The monoisotopic (exact) mass is 291 g/mol. The highest BCUT2D eigenvalue weighted by Crippen LogP contribution is 2.17. The van der Waals surface area contributed by atoms with Gasteiger partial charge in [-0.1, -0.05) is 12.1 Å². The first kappa shape index (κ1) is 14.6. The highest BCUT2D eigenvalue weighted by Gasteiger charge is 2.20. The van der Waals surface area contributed by atoms with E-state index in [0.717, 1.165) is 11.1 Å². The molecule has 1 aromatic heterocycles. The quantitative estimate of drug-likeness (QED) is 0.902.